The van der Waals surface area contributed by atoms with E-state index in [0.29, 0.717) is 12.2 Å². The monoisotopic (exact) mass is 240 g/mol. The van der Waals surface area contributed by atoms with E-state index in [4.69, 9.17) is 0 Å². The topological polar surface area (TPSA) is 9.23 Å². The Kier molecular flexibility index (Phi) is 6.56. The number of hydrogen-bond donors (Lipinski definition) is 1. The molecule has 0 aliphatic heterocycles. The van der Waals surface area contributed by atoms with E-state index in [1.54, 1.807) is 19.1 Å². The molecule has 1 nitrogen and oxygen atoms in total. The third-order valence-electron chi connectivity index (χ3n) is 1.45. The van der Waals surface area contributed by atoms with Gasteiger partial charge < -0.3 is 4.74 Å². The zero-order valence-corrected chi connectivity index (χ0v) is 9.66. The Bertz CT molecular complexity index is 244. The lowest BCUT2D eigenvalue weighted by atomic mass is 10.2. The van der Waals surface area contributed by atoms with Crippen LogP contribution >= 0.6 is 12.6 Å². The third-order valence-corrected chi connectivity index (χ3v) is 1.94. The van der Waals surface area contributed by atoms with E-state index >= 15 is 0 Å². The summed E-state index contributed by atoms with van der Waals surface area (Å²) in [5.41, 5.74) is 0.861. The molecule has 0 heterocycles. The standard InChI is InChI=1S/C10H15F3OS/c1-3-4-9(5-8(2)6-15)14-7-10(11,12)13/h4-5,15H,3,6-7H2,1-2H3/b8-5+,9-4+. The molecule has 88 valence electrons. The summed E-state index contributed by atoms with van der Waals surface area (Å²) in [5, 5.41) is 0. The first-order valence-electron chi connectivity index (χ1n) is 4.56. The lowest BCUT2D eigenvalue weighted by Gasteiger charge is -2.10. The van der Waals surface area contributed by atoms with Gasteiger partial charge in [0.1, 0.15) is 5.76 Å². The molecule has 0 aromatic heterocycles. The minimum Gasteiger partial charge on any atom is -0.484 e. The molecule has 0 atom stereocenters. The van der Waals surface area contributed by atoms with Gasteiger partial charge in [0, 0.05) is 5.75 Å². The number of alkyl halides is 3. The molecule has 0 N–H and O–H groups in total. The SMILES string of the molecule is CC/C=C(\C=C(/C)CS)OCC(F)(F)F. The van der Waals surface area contributed by atoms with Crippen LogP contribution < -0.4 is 0 Å². The Morgan fingerprint density at radius 1 is 1.40 bits per heavy atom. The van der Waals surface area contributed by atoms with Crippen LogP contribution in [-0.2, 0) is 4.74 Å². The van der Waals surface area contributed by atoms with Crippen LogP contribution in [0.4, 0.5) is 13.2 Å². The second kappa shape index (κ2) is 6.82. The largest absolute Gasteiger partial charge is 0.484 e. The first-order chi connectivity index (χ1) is 6.89. The summed E-state index contributed by atoms with van der Waals surface area (Å²) < 4.78 is 40.3. The van der Waals surface area contributed by atoms with Gasteiger partial charge in [-0.1, -0.05) is 12.5 Å². The van der Waals surface area contributed by atoms with E-state index in [2.05, 4.69) is 17.4 Å². The Balaban J connectivity index is 4.37. The van der Waals surface area contributed by atoms with Crippen molar-refractivity contribution in [2.75, 3.05) is 12.4 Å². The normalized spacial score (nSPS) is 14.3. The van der Waals surface area contributed by atoms with Gasteiger partial charge >= 0.3 is 6.18 Å². The molecule has 0 saturated carbocycles. The highest BCUT2D eigenvalue weighted by Gasteiger charge is 2.28. The second-order valence-corrected chi connectivity index (χ2v) is 3.38. The van der Waals surface area contributed by atoms with Crippen LogP contribution in [0.5, 0.6) is 0 Å². The molecule has 0 radical (unpaired) electrons. The zero-order valence-electron chi connectivity index (χ0n) is 8.77. The van der Waals surface area contributed by atoms with Gasteiger partial charge in [0.2, 0.25) is 0 Å². The van der Waals surface area contributed by atoms with Crippen molar-refractivity contribution in [1.82, 2.24) is 0 Å². The fourth-order valence-corrected chi connectivity index (χ4v) is 0.906. The summed E-state index contributed by atoms with van der Waals surface area (Å²) in [5.74, 6) is 0.748. The van der Waals surface area contributed by atoms with Crippen molar-refractivity contribution in [3.05, 3.63) is 23.5 Å². The van der Waals surface area contributed by atoms with E-state index in [1.165, 1.54) is 0 Å². The average molecular weight is 240 g/mol. The molecule has 0 aromatic carbocycles. The predicted molar refractivity (Wildman–Crippen MR) is 58.0 cm³/mol. The quantitative estimate of drug-likeness (QED) is 0.437. The molecular formula is C10H15F3OS. The van der Waals surface area contributed by atoms with E-state index in [1.807, 2.05) is 6.92 Å². The van der Waals surface area contributed by atoms with Gasteiger partial charge in [-0.05, 0) is 25.5 Å². The smallest absolute Gasteiger partial charge is 0.422 e. The molecule has 0 fully saturated rings. The Morgan fingerprint density at radius 3 is 2.40 bits per heavy atom. The maximum absolute atomic E-state index is 11.9. The summed E-state index contributed by atoms with van der Waals surface area (Å²) in [7, 11) is 0. The highest BCUT2D eigenvalue weighted by Crippen LogP contribution is 2.17. The molecule has 0 aliphatic carbocycles. The summed E-state index contributed by atoms with van der Waals surface area (Å²) in [6.07, 6.45) is -0.486. The minimum absolute atomic E-state index is 0.251. The molecule has 0 bridgehead atoms. The first kappa shape index (κ1) is 14.4. The minimum atomic E-state index is -4.30. The first-order valence-corrected chi connectivity index (χ1v) is 5.20. The van der Waals surface area contributed by atoms with Crippen LogP contribution in [0, 0.1) is 0 Å². The highest BCUT2D eigenvalue weighted by atomic mass is 32.1. The van der Waals surface area contributed by atoms with Gasteiger partial charge in [0.25, 0.3) is 0 Å². The fraction of sp³-hybridized carbons (Fsp3) is 0.600. The maximum atomic E-state index is 11.9. The summed E-state index contributed by atoms with van der Waals surface area (Å²) in [6, 6.07) is 0. The van der Waals surface area contributed by atoms with E-state index in [0.717, 1.165) is 5.57 Å². The molecule has 0 aromatic rings. The average Bonchev–Trinajstić information content (AvgIpc) is 2.13. The van der Waals surface area contributed by atoms with Crippen molar-refractivity contribution in [2.24, 2.45) is 0 Å². The zero-order chi connectivity index (χ0) is 11.9. The van der Waals surface area contributed by atoms with Crippen LogP contribution in [0.15, 0.2) is 23.5 Å². The molecule has 15 heavy (non-hydrogen) atoms. The molecule has 0 unspecified atom stereocenters. The summed E-state index contributed by atoms with van der Waals surface area (Å²) >= 11 is 4.01. The van der Waals surface area contributed by atoms with Crippen LogP contribution in [0.25, 0.3) is 0 Å². The van der Waals surface area contributed by atoms with E-state index in [-0.39, 0.29) is 5.76 Å². The Labute approximate surface area is 93.4 Å². The number of rotatable bonds is 5. The maximum Gasteiger partial charge on any atom is 0.422 e. The van der Waals surface area contributed by atoms with Gasteiger partial charge in [-0.2, -0.15) is 25.8 Å². The van der Waals surface area contributed by atoms with Crippen molar-refractivity contribution in [1.29, 1.82) is 0 Å². The van der Waals surface area contributed by atoms with Crippen molar-refractivity contribution >= 4 is 12.6 Å². The van der Waals surface area contributed by atoms with Crippen molar-refractivity contribution < 1.29 is 17.9 Å². The van der Waals surface area contributed by atoms with Crippen molar-refractivity contribution in [3.8, 4) is 0 Å². The molecule has 0 saturated heterocycles. The van der Waals surface area contributed by atoms with E-state index in [9.17, 15) is 13.2 Å². The fourth-order valence-electron chi connectivity index (χ4n) is 0.814. The lowest BCUT2D eigenvalue weighted by Crippen LogP contribution is -2.16. The number of thiol groups is 1. The van der Waals surface area contributed by atoms with Gasteiger partial charge in [-0.15, -0.1) is 0 Å². The lowest BCUT2D eigenvalue weighted by molar-refractivity contribution is -0.163. The van der Waals surface area contributed by atoms with Gasteiger partial charge in [-0.25, -0.2) is 0 Å². The number of halogens is 3. The van der Waals surface area contributed by atoms with Gasteiger partial charge in [-0.3, -0.25) is 0 Å². The Morgan fingerprint density at radius 2 is 2.00 bits per heavy atom. The predicted octanol–water partition coefficient (Wildman–Crippen LogP) is 3.74. The molecule has 0 amide bonds. The third kappa shape index (κ3) is 8.42. The molecular weight excluding hydrogens is 225 g/mol. The summed E-state index contributed by atoms with van der Waals surface area (Å²) in [4.78, 5) is 0. The van der Waals surface area contributed by atoms with Crippen LogP contribution in [0.3, 0.4) is 0 Å². The molecule has 0 rings (SSSR count). The Hall–Kier alpha value is -0.580. The van der Waals surface area contributed by atoms with Gasteiger partial charge in [0.15, 0.2) is 6.61 Å². The molecule has 0 aliphatic rings. The second-order valence-electron chi connectivity index (χ2n) is 3.07. The number of allylic oxidation sites excluding steroid dienone is 2. The van der Waals surface area contributed by atoms with Crippen LogP contribution in [0.1, 0.15) is 20.3 Å². The number of ether oxygens (including phenoxy) is 1. The molecule has 5 heteroatoms. The van der Waals surface area contributed by atoms with E-state index < -0.39 is 12.8 Å². The van der Waals surface area contributed by atoms with Gasteiger partial charge in [0.05, 0.1) is 0 Å². The van der Waals surface area contributed by atoms with Crippen molar-refractivity contribution in [2.45, 2.75) is 26.4 Å². The van der Waals surface area contributed by atoms with Crippen LogP contribution in [-0.4, -0.2) is 18.5 Å². The number of hydrogen-bond acceptors (Lipinski definition) is 2. The van der Waals surface area contributed by atoms with Crippen LogP contribution in [0.2, 0.25) is 0 Å². The summed E-state index contributed by atoms with van der Waals surface area (Å²) in [6.45, 7) is 2.36. The highest BCUT2D eigenvalue weighted by molar-refractivity contribution is 7.80. The molecule has 0 spiro atoms. The van der Waals surface area contributed by atoms with Crippen molar-refractivity contribution in [3.63, 3.8) is 0 Å².